The van der Waals surface area contributed by atoms with Crippen LogP contribution in [0, 0.1) is 12.7 Å². The summed E-state index contributed by atoms with van der Waals surface area (Å²) in [6.45, 7) is 2.54. The topological polar surface area (TPSA) is 53.4 Å². The van der Waals surface area contributed by atoms with E-state index in [1.165, 1.54) is 12.1 Å². The van der Waals surface area contributed by atoms with Crippen molar-refractivity contribution in [3.63, 3.8) is 0 Å². The van der Waals surface area contributed by atoms with E-state index in [1.807, 2.05) is 43.3 Å². The highest BCUT2D eigenvalue weighted by Crippen LogP contribution is 2.22. The molecule has 4 aromatic rings. The van der Waals surface area contributed by atoms with Crippen LogP contribution in [-0.2, 0) is 4.74 Å². The van der Waals surface area contributed by atoms with Crippen LogP contribution in [-0.4, -0.2) is 28.7 Å². The van der Waals surface area contributed by atoms with E-state index in [0.717, 1.165) is 22.5 Å². The first-order chi connectivity index (χ1) is 14.6. The first kappa shape index (κ1) is 19.6. The van der Waals surface area contributed by atoms with Crippen LogP contribution in [0.4, 0.5) is 4.39 Å². The quantitative estimate of drug-likeness (QED) is 0.318. The van der Waals surface area contributed by atoms with Gasteiger partial charge in [0, 0.05) is 12.1 Å². The van der Waals surface area contributed by atoms with Gasteiger partial charge in [0.2, 0.25) is 0 Å². The predicted octanol–water partition coefficient (Wildman–Crippen LogP) is 5.10. The molecule has 30 heavy (non-hydrogen) atoms. The first-order valence-corrected chi connectivity index (χ1v) is 9.72. The van der Waals surface area contributed by atoms with E-state index in [0.29, 0.717) is 24.3 Å². The number of carbonyl (C=O) groups is 1. The number of rotatable bonds is 7. The average molecular weight is 404 g/mol. The van der Waals surface area contributed by atoms with Crippen LogP contribution in [0.2, 0.25) is 0 Å². The second-order valence-corrected chi connectivity index (χ2v) is 6.83. The Labute approximate surface area is 173 Å². The molecule has 1 aromatic heterocycles. The number of hydrogen-bond acceptors (Lipinski definition) is 4. The lowest BCUT2D eigenvalue weighted by Crippen LogP contribution is -2.09. The SMILES string of the molecule is Cc1nc2cc(C(=O)OCCCOc3ccc(F)cc3)ccc2n1-c1ccccc1. The van der Waals surface area contributed by atoms with E-state index in [9.17, 15) is 9.18 Å². The summed E-state index contributed by atoms with van der Waals surface area (Å²) >= 11 is 0. The lowest BCUT2D eigenvalue weighted by Gasteiger charge is -2.08. The largest absolute Gasteiger partial charge is 0.493 e. The summed E-state index contributed by atoms with van der Waals surface area (Å²) in [5, 5.41) is 0. The molecule has 1 heterocycles. The molecular weight excluding hydrogens is 383 g/mol. The molecule has 0 aliphatic rings. The zero-order valence-electron chi connectivity index (χ0n) is 16.5. The minimum atomic E-state index is -0.398. The van der Waals surface area contributed by atoms with Crippen molar-refractivity contribution >= 4 is 17.0 Å². The lowest BCUT2D eigenvalue weighted by atomic mass is 10.2. The van der Waals surface area contributed by atoms with Gasteiger partial charge < -0.3 is 9.47 Å². The molecule has 152 valence electrons. The molecule has 0 radical (unpaired) electrons. The second-order valence-electron chi connectivity index (χ2n) is 6.83. The van der Waals surface area contributed by atoms with Gasteiger partial charge >= 0.3 is 5.97 Å². The summed E-state index contributed by atoms with van der Waals surface area (Å²) in [6, 6.07) is 21.2. The molecule has 0 bridgehead atoms. The monoisotopic (exact) mass is 404 g/mol. The van der Waals surface area contributed by atoms with Gasteiger partial charge in [0.15, 0.2) is 0 Å². The molecule has 6 heteroatoms. The summed E-state index contributed by atoms with van der Waals surface area (Å²) in [5.74, 6) is 0.722. The normalized spacial score (nSPS) is 10.9. The van der Waals surface area contributed by atoms with Gasteiger partial charge in [-0.3, -0.25) is 4.57 Å². The van der Waals surface area contributed by atoms with E-state index < -0.39 is 5.97 Å². The Morgan fingerprint density at radius 2 is 1.77 bits per heavy atom. The van der Waals surface area contributed by atoms with Gasteiger partial charge in [-0.15, -0.1) is 0 Å². The molecule has 0 saturated heterocycles. The van der Waals surface area contributed by atoms with Crippen molar-refractivity contribution < 1.29 is 18.7 Å². The molecule has 0 saturated carbocycles. The van der Waals surface area contributed by atoms with Crippen molar-refractivity contribution in [3.05, 3.63) is 90.0 Å². The Morgan fingerprint density at radius 1 is 1.00 bits per heavy atom. The zero-order valence-corrected chi connectivity index (χ0v) is 16.5. The average Bonchev–Trinajstić information content (AvgIpc) is 3.10. The van der Waals surface area contributed by atoms with E-state index in [4.69, 9.17) is 9.47 Å². The van der Waals surface area contributed by atoms with Crippen LogP contribution in [0.3, 0.4) is 0 Å². The Hall–Kier alpha value is -3.67. The summed E-state index contributed by atoms with van der Waals surface area (Å²) in [4.78, 5) is 17.0. The van der Waals surface area contributed by atoms with Gasteiger partial charge in [-0.05, 0) is 61.5 Å². The molecule has 3 aromatic carbocycles. The molecule has 0 atom stereocenters. The van der Waals surface area contributed by atoms with Crippen LogP contribution in [0.15, 0.2) is 72.8 Å². The minimum absolute atomic E-state index is 0.232. The van der Waals surface area contributed by atoms with Crippen molar-refractivity contribution in [2.24, 2.45) is 0 Å². The van der Waals surface area contributed by atoms with E-state index in [-0.39, 0.29) is 12.4 Å². The molecular formula is C24H21FN2O3. The fourth-order valence-electron chi connectivity index (χ4n) is 3.26. The van der Waals surface area contributed by atoms with Crippen LogP contribution in [0.5, 0.6) is 5.75 Å². The summed E-state index contributed by atoms with van der Waals surface area (Å²) in [6.07, 6.45) is 0.535. The Balaban J connectivity index is 1.36. The van der Waals surface area contributed by atoms with Crippen LogP contribution in [0.25, 0.3) is 16.7 Å². The predicted molar refractivity (Wildman–Crippen MR) is 113 cm³/mol. The van der Waals surface area contributed by atoms with E-state index in [2.05, 4.69) is 9.55 Å². The number of imidazole rings is 1. The first-order valence-electron chi connectivity index (χ1n) is 9.72. The van der Waals surface area contributed by atoms with Crippen molar-refractivity contribution in [1.29, 1.82) is 0 Å². The zero-order chi connectivity index (χ0) is 20.9. The number of esters is 1. The van der Waals surface area contributed by atoms with Crippen molar-refractivity contribution in [3.8, 4) is 11.4 Å². The number of aryl methyl sites for hydroxylation is 1. The summed E-state index contributed by atoms with van der Waals surface area (Å²) < 4.78 is 25.8. The van der Waals surface area contributed by atoms with Gasteiger partial charge in [-0.2, -0.15) is 0 Å². The van der Waals surface area contributed by atoms with Crippen LogP contribution in [0.1, 0.15) is 22.6 Å². The van der Waals surface area contributed by atoms with E-state index >= 15 is 0 Å². The van der Waals surface area contributed by atoms with E-state index in [1.54, 1.807) is 24.3 Å². The van der Waals surface area contributed by atoms with Gasteiger partial charge in [0.05, 0.1) is 29.8 Å². The highest BCUT2D eigenvalue weighted by molar-refractivity contribution is 5.94. The number of hydrogen-bond donors (Lipinski definition) is 0. The highest BCUT2D eigenvalue weighted by Gasteiger charge is 2.13. The van der Waals surface area contributed by atoms with Crippen LogP contribution < -0.4 is 4.74 Å². The Kier molecular flexibility index (Phi) is 5.75. The minimum Gasteiger partial charge on any atom is -0.493 e. The fraction of sp³-hybridized carbons (Fsp3) is 0.167. The van der Waals surface area contributed by atoms with Crippen molar-refractivity contribution in [1.82, 2.24) is 9.55 Å². The number of carbonyl (C=O) groups excluding carboxylic acids is 1. The molecule has 0 spiro atoms. The van der Waals surface area contributed by atoms with Crippen molar-refractivity contribution in [2.75, 3.05) is 13.2 Å². The lowest BCUT2D eigenvalue weighted by molar-refractivity contribution is 0.0486. The number of ether oxygens (including phenoxy) is 2. The molecule has 4 rings (SSSR count). The van der Waals surface area contributed by atoms with Gasteiger partial charge in [0.1, 0.15) is 17.4 Å². The van der Waals surface area contributed by atoms with Gasteiger partial charge in [-0.1, -0.05) is 18.2 Å². The maximum absolute atomic E-state index is 12.9. The summed E-state index contributed by atoms with van der Waals surface area (Å²) in [5.41, 5.74) is 3.15. The number of benzene rings is 3. The molecule has 0 unspecified atom stereocenters. The number of nitrogens with zero attached hydrogens (tertiary/aromatic N) is 2. The third-order valence-corrected chi connectivity index (χ3v) is 4.68. The third kappa shape index (κ3) is 4.33. The highest BCUT2D eigenvalue weighted by atomic mass is 19.1. The molecule has 5 nitrogen and oxygen atoms in total. The maximum Gasteiger partial charge on any atom is 0.338 e. The maximum atomic E-state index is 12.9. The number of para-hydroxylation sites is 1. The molecule has 0 N–H and O–H groups in total. The fourth-order valence-corrected chi connectivity index (χ4v) is 3.26. The van der Waals surface area contributed by atoms with Crippen molar-refractivity contribution in [2.45, 2.75) is 13.3 Å². The molecule has 0 fully saturated rings. The standard InChI is InChI=1S/C24H21FN2O3/c1-17-26-22-16-18(8-13-23(22)27(17)20-6-3-2-4-7-20)24(28)30-15-5-14-29-21-11-9-19(25)10-12-21/h2-4,6-13,16H,5,14-15H2,1H3. The summed E-state index contributed by atoms with van der Waals surface area (Å²) in [7, 11) is 0. The Bertz CT molecular complexity index is 1150. The van der Waals surface area contributed by atoms with Gasteiger partial charge in [-0.25, -0.2) is 14.2 Å². The number of halogens is 1. The third-order valence-electron chi connectivity index (χ3n) is 4.68. The number of fused-ring (bicyclic) bond motifs is 1. The smallest absolute Gasteiger partial charge is 0.338 e. The molecule has 0 aliphatic heterocycles. The molecule has 0 amide bonds. The second kappa shape index (κ2) is 8.78. The van der Waals surface area contributed by atoms with Crippen LogP contribution >= 0.6 is 0 Å². The Morgan fingerprint density at radius 3 is 2.53 bits per heavy atom. The molecule has 0 aliphatic carbocycles. The van der Waals surface area contributed by atoms with Gasteiger partial charge in [0.25, 0.3) is 0 Å². The number of aromatic nitrogens is 2.